The van der Waals surface area contributed by atoms with E-state index in [0.717, 1.165) is 5.92 Å². The summed E-state index contributed by atoms with van der Waals surface area (Å²) in [6.07, 6.45) is 3.01. The number of rotatable bonds is 6. The summed E-state index contributed by atoms with van der Waals surface area (Å²) in [5.41, 5.74) is 6.54. The third kappa shape index (κ3) is 4.50. The molecule has 0 saturated heterocycles. The van der Waals surface area contributed by atoms with Gasteiger partial charge < -0.3 is 16.0 Å². The SMILES string of the molecule is CC(C1CC1)N(C)CCC(=O)Nc1c(Cl)cc(N)cc1Cl. The van der Waals surface area contributed by atoms with Crippen LogP contribution in [0.1, 0.15) is 26.2 Å². The Hall–Kier alpha value is -0.970. The van der Waals surface area contributed by atoms with E-state index >= 15 is 0 Å². The number of carbonyl (C=O) groups is 1. The van der Waals surface area contributed by atoms with Crippen LogP contribution in [0.5, 0.6) is 0 Å². The number of carbonyl (C=O) groups excluding carboxylic acids is 1. The van der Waals surface area contributed by atoms with Gasteiger partial charge in [-0.3, -0.25) is 4.79 Å². The van der Waals surface area contributed by atoms with E-state index < -0.39 is 0 Å². The maximum Gasteiger partial charge on any atom is 0.225 e. The fourth-order valence-corrected chi connectivity index (χ4v) is 2.93. The summed E-state index contributed by atoms with van der Waals surface area (Å²) in [6.45, 7) is 2.93. The van der Waals surface area contributed by atoms with Gasteiger partial charge in [0.25, 0.3) is 0 Å². The van der Waals surface area contributed by atoms with Gasteiger partial charge in [0.2, 0.25) is 5.91 Å². The van der Waals surface area contributed by atoms with Crippen molar-refractivity contribution in [2.24, 2.45) is 5.92 Å². The molecule has 1 aliphatic carbocycles. The normalized spacial score (nSPS) is 16.0. The fourth-order valence-electron chi connectivity index (χ4n) is 2.33. The number of hydrogen-bond donors (Lipinski definition) is 2. The molecule has 0 spiro atoms. The van der Waals surface area contributed by atoms with Gasteiger partial charge in [-0.25, -0.2) is 0 Å². The minimum absolute atomic E-state index is 0.0987. The molecule has 0 bridgehead atoms. The highest BCUT2D eigenvalue weighted by Gasteiger charge is 2.30. The van der Waals surface area contributed by atoms with Crippen LogP contribution < -0.4 is 11.1 Å². The van der Waals surface area contributed by atoms with Gasteiger partial charge in [0.05, 0.1) is 15.7 Å². The fraction of sp³-hybridized carbons (Fsp3) is 0.533. The van der Waals surface area contributed by atoms with Crippen LogP contribution in [0.4, 0.5) is 11.4 Å². The highest BCUT2D eigenvalue weighted by Crippen LogP contribution is 2.35. The highest BCUT2D eigenvalue weighted by atomic mass is 35.5. The second-order valence-corrected chi connectivity index (χ2v) is 6.53. The summed E-state index contributed by atoms with van der Waals surface area (Å²) in [4.78, 5) is 14.3. The maximum absolute atomic E-state index is 12.0. The molecule has 2 rings (SSSR count). The van der Waals surface area contributed by atoms with Crippen LogP contribution in [-0.2, 0) is 4.79 Å². The molecule has 0 aliphatic heterocycles. The van der Waals surface area contributed by atoms with Crippen molar-refractivity contribution in [3.05, 3.63) is 22.2 Å². The Morgan fingerprint density at radius 1 is 1.43 bits per heavy atom. The van der Waals surface area contributed by atoms with Gasteiger partial charge in [0, 0.05) is 24.7 Å². The number of nitrogens with one attached hydrogen (secondary N) is 1. The third-order valence-corrected chi connectivity index (χ3v) is 4.62. The van der Waals surface area contributed by atoms with Crippen LogP contribution in [-0.4, -0.2) is 30.4 Å². The Morgan fingerprint density at radius 2 is 2.00 bits per heavy atom. The van der Waals surface area contributed by atoms with Gasteiger partial charge in [-0.05, 0) is 44.9 Å². The van der Waals surface area contributed by atoms with E-state index in [1.165, 1.54) is 12.8 Å². The van der Waals surface area contributed by atoms with E-state index in [-0.39, 0.29) is 5.91 Å². The summed E-state index contributed by atoms with van der Waals surface area (Å²) in [7, 11) is 2.05. The predicted octanol–water partition coefficient (Wildman–Crippen LogP) is 3.63. The topological polar surface area (TPSA) is 58.4 Å². The lowest BCUT2D eigenvalue weighted by Crippen LogP contribution is -2.33. The van der Waals surface area contributed by atoms with Crippen LogP contribution in [0.2, 0.25) is 10.0 Å². The van der Waals surface area contributed by atoms with E-state index in [0.29, 0.717) is 40.4 Å². The number of benzene rings is 1. The first-order valence-corrected chi connectivity index (χ1v) is 7.88. The number of nitrogens with two attached hydrogens (primary N) is 1. The lowest BCUT2D eigenvalue weighted by molar-refractivity contribution is -0.116. The predicted molar refractivity (Wildman–Crippen MR) is 88.9 cm³/mol. The van der Waals surface area contributed by atoms with Crippen molar-refractivity contribution in [2.75, 3.05) is 24.6 Å². The first kappa shape index (κ1) is 16.4. The first-order valence-electron chi connectivity index (χ1n) is 7.13. The van der Waals surface area contributed by atoms with Crippen LogP contribution in [0, 0.1) is 5.92 Å². The van der Waals surface area contributed by atoms with Crippen molar-refractivity contribution in [1.82, 2.24) is 4.90 Å². The van der Waals surface area contributed by atoms with E-state index in [1.807, 2.05) is 0 Å². The molecule has 0 heterocycles. The lowest BCUT2D eigenvalue weighted by atomic mass is 10.2. The largest absolute Gasteiger partial charge is 0.399 e. The molecule has 6 heteroatoms. The number of nitrogen functional groups attached to an aromatic ring is 1. The van der Waals surface area contributed by atoms with Crippen molar-refractivity contribution in [3.8, 4) is 0 Å². The van der Waals surface area contributed by atoms with E-state index in [9.17, 15) is 4.79 Å². The minimum atomic E-state index is -0.0987. The average molecular weight is 330 g/mol. The van der Waals surface area contributed by atoms with Crippen LogP contribution in [0.25, 0.3) is 0 Å². The molecule has 1 unspecified atom stereocenters. The molecule has 1 saturated carbocycles. The molecule has 1 aliphatic rings. The summed E-state index contributed by atoms with van der Waals surface area (Å²) < 4.78 is 0. The molecule has 0 radical (unpaired) electrons. The number of hydrogen-bond acceptors (Lipinski definition) is 3. The standard InChI is InChI=1S/C15H21Cl2N3O/c1-9(10-3-4-10)20(2)6-5-14(21)19-15-12(16)7-11(18)8-13(15)17/h7-10H,3-6,18H2,1-2H3,(H,19,21). The summed E-state index contributed by atoms with van der Waals surface area (Å²) in [5.74, 6) is 0.692. The zero-order valence-corrected chi connectivity index (χ0v) is 13.8. The average Bonchev–Trinajstić information content (AvgIpc) is 3.23. The van der Waals surface area contributed by atoms with Crippen molar-refractivity contribution >= 4 is 40.5 Å². The van der Waals surface area contributed by atoms with Crippen molar-refractivity contribution in [2.45, 2.75) is 32.2 Å². The van der Waals surface area contributed by atoms with Crippen molar-refractivity contribution in [3.63, 3.8) is 0 Å². The van der Waals surface area contributed by atoms with Gasteiger partial charge >= 0.3 is 0 Å². The number of halogens is 2. The zero-order valence-electron chi connectivity index (χ0n) is 12.3. The molecule has 0 aromatic heterocycles. The molecule has 1 amide bonds. The van der Waals surface area contributed by atoms with Gasteiger partial charge in [0.1, 0.15) is 0 Å². The zero-order chi connectivity index (χ0) is 15.6. The van der Waals surface area contributed by atoms with Crippen LogP contribution in [0.15, 0.2) is 12.1 Å². The summed E-state index contributed by atoms with van der Waals surface area (Å²) >= 11 is 12.1. The van der Waals surface area contributed by atoms with E-state index in [2.05, 4.69) is 24.2 Å². The van der Waals surface area contributed by atoms with E-state index in [1.54, 1.807) is 12.1 Å². The Balaban J connectivity index is 1.87. The lowest BCUT2D eigenvalue weighted by Gasteiger charge is -2.24. The first-order chi connectivity index (χ1) is 9.88. The van der Waals surface area contributed by atoms with E-state index in [4.69, 9.17) is 28.9 Å². The van der Waals surface area contributed by atoms with Gasteiger partial charge in [-0.15, -0.1) is 0 Å². The summed E-state index contributed by atoms with van der Waals surface area (Å²) in [6, 6.07) is 3.68. The second kappa shape index (κ2) is 6.86. The Morgan fingerprint density at radius 3 is 2.52 bits per heavy atom. The monoisotopic (exact) mass is 329 g/mol. The molecule has 3 N–H and O–H groups in total. The molecule has 1 fully saturated rings. The molecule has 1 aromatic rings. The molecule has 4 nitrogen and oxygen atoms in total. The van der Waals surface area contributed by atoms with Gasteiger partial charge in [0.15, 0.2) is 0 Å². The minimum Gasteiger partial charge on any atom is -0.399 e. The Bertz CT molecular complexity index is 509. The Kier molecular flexibility index (Phi) is 5.36. The van der Waals surface area contributed by atoms with Gasteiger partial charge in [-0.2, -0.15) is 0 Å². The third-order valence-electron chi connectivity index (χ3n) is 4.02. The second-order valence-electron chi connectivity index (χ2n) is 5.72. The quantitative estimate of drug-likeness (QED) is 0.783. The number of nitrogens with zero attached hydrogens (tertiary/aromatic N) is 1. The van der Waals surface area contributed by atoms with Crippen LogP contribution in [0.3, 0.4) is 0 Å². The van der Waals surface area contributed by atoms with Crippen LogP contribution >= 0.6 is 23.2 Å². The molecular formula is C15H21Cl2N3O. The highest BCUT2D eigenvalue weighted by molar-refractivity contribution is 6.40. The Labute approximate surface area is 135 Å². The smallest absolute Gasteiger partial charge is 0.225 e. The maximum atomic E-state index is 12.0. The number of amides is 1. The molecule has 21 heavy (non-hydrogen) atoms. The molecule has 1 atom stereocenters. The molecular weight excluding hydrogens is 309 g/mol. The summed E-state index contributed by atoms with van der Waals surface area (Å²) in [5, 5.41) is 3.47. The van der Waals surface area contributed by atoms with Crippen molar-refractivity contribution < 1.29 is 4.79 Å². The van der Waals surface area contributed by atoms with Gasteiger partial charge in [-0.1, -0.05) is 23.2 Å². The molecule has 1 aromatic carbocycles. The number of anilines is 2. The van der Waals surface area contributed by atoms with Crippen molar-refractivity contribution in [1.29, 1.82) is 0 Å². The molecule has 116 valence electrons.